The minimum absolute atomic E-state index is 0.0559. The van der Waals surface area contributed by atoms with Gasteiger partial charge in [-0.15, -0.1) is 0 Å². The molecule has 0 atom stereocenters. The molecule has 0 spiro atoms. The first-order valence-electron chi connectivity index (χ1n) is 7.37. The van der Waals surface area contributed by atoms with Crippen LogP contribution in [0.1, 0.15) is 53.7 Å². The fourth-order valence-electron chi connectivity index (χ4n) is 2.72. The minimum Gasteiger partial charge on any atom is -0.363 e. The van der Waals surface area contributed by atoms with Gasteiger partial charge in [0.15, 0.2) is 0 Å². The van der Waals surface area contributed by atoms with Crippen molar-refractivity contribution in [2.75, 3.05) is 6.54 Å². The van der Waals surface area contributed by atoms with Gasteiger partial charge in [-0.2, -0.15) is 0 Å². The summed E-state index contributed by atoms with van der Waals surface area (Å²) in [5.74, 6) is 0. The summed E-state index contributed by atoms with van der Waals surface area (Å²) in [6, 6.07) is 1.68. The van der Waals surface area contributed by atoms with Crippen molar-refractivity contribution < 1.29 is 8.42 Å². The molecule has 6 heteroatoms. The van der Waals surface area contributed by atoms with Crippen molar-refractivity contribution in [2.24, 2.45) is 5.41 Å². The van der Waals surface area contributed by atoms with Crippen LogP contribution in [0.2, 0.25) is 0 Å². The summed E-state index contributed by atoms with van der Waals surface area (Å²) in [5, 5.41) is 3.16. The summed E-state index contributed by atoms with van der Waals surface area (Å²) < 4.78 is 27.7. The maximum atomic E-state index is 12.5. The van der Waals surface area contributed by atoms with Crippen molar-refractivity contribution >= 4 is 10.0 Å². The molecule has 0 aliphatic rings. The van der Waals surface area contributed by atoms with E-state index >= 15 is 0 Å². The molecule has 1 rings (SSSR count). The summed E-state index contributed by atoms with van der Waals surface area (Å²) in [6.07, 6.45) is 2.30. The van der Waals surface area contributed by atoms with Crippen molar-refractivity contribution in [3.63, 3.8) is 0 Å². The topological polar surface area (TPSA) is 74.0 Å². The Kier molecular flexibility index (Phi) is 5.63. The molecule has 0 fully saturated rings. The lowest BCUT2D eigenvalue weighted by atomic mass is 9.82. The van der Waals surface area contributed by atoms with E-state index < -0.39 is 15.6 Å². The number of aromatic amines is 1. The second-order valence-electron chi connectivity index (χ2n) is 7.37. The summed E-state index contributed by atoms with van der Waals surface area (Å²) in [4.78, 5) is 3.29. The highest BCUT2D eigenvalue weighted by Crippen LogP contribution is 2.28. The Morgan fingerprint density at radius 1 is 1.19 bits per heavy atom. The zero-order valence-corrected chi connectivity index (χ0v) is 14.8. The zero-order valence-electron chi connectivity index (χ0n) is 14.0. The van der Waals surface area contributed by atoms with Gasteiger partial charge in [-0.3, -0.25) is 0 Å². The second-order valence-corrected chi connectivity index (χ2v) is 9.05. The Morgan fingerprint density at radius 3 is 2.33 bits per heavy atom. The summed E-state index contributed by atoms with van der Waals surface area (Å²) in [6.45, 7) is 13.6. The second kappa shape index (κ2) is 6.50. The molecule has 0 saturated carbocycles. The molecule has 0 radical (unpaired) electrons. The van der Waals surface area contributed by atoms with E-state index in [1.165, 1.54) is 0 Å². The van der Waals surface area contributed by atoms with Gasteiger partial charge in [-0.25, -0.2) is 13.1 Å². The van der Waals surface area contributed by atoms with E-state index in [4.69, 9.17) is 0 Å². The van der Waals surface area contributed by atoms with Gasteiger partial charge in [0.1, 0.15) is 0 Å². The highest BCUT2D eigenvalue weighted by molar-refractivity contribution is 7.89. The van der Waals surface area contributed by atoms with Crippen LogP contribution in [-0.4, -0.2) is 25.5 Å². The van der Waals surface area contributed by atoms with Crippen LogP contribution in [0.25, 0.3) is 0 Å². The highest BCUT2D eigenvalue weighted by atomic mass is 32.2. The minimum atomic E-state index is -3.50. The Hall–Kier alpha value is -0.850. The van der Waals surface area contributed by atoms with Crippen LogP contribution in [-0.2, 0) is 16.6 Å². The molecule has 21 heavy (non-hydrogen) atoms. The standard InChI is InChI=1S/C15H29N3O2S/c1-7-16-9-12-8-13(10-17-12)21(19,20)18-15(5,6)11-14(2,3)4/h8,10,16-18H,7,9,11H2,1-6H3. The lowest BCUT2D eigenvalue weighted by Gasteiger charge is -2.32. The number of rotatable bonds is 7. The molecule has 3 N–H and O–H groups in total. The van der Waals surface area contributed by atoms with Crippen molar-refractivity contribution in [3.05, 3.63) is 18.0 Å². The Balaban J connectivity index is 2.83. The molecular formula is C15H29N3O2S. The number of hydrogen-bond acceptors (Lipinski definition) is 3. The molecule has 0 saturated heterocycles. The SMILES string of the molecule is CCNCc1cc(S(=O)(=O)NC(C)(C)CC(C)(C)C)c[nH]1. The lowest BCUT2D eigenvalue weighted by Crippen LogP contribution is -2.45. The van der Waals surface area contributed by atoms with Crippen LogP contribution < -0.4 is 10.0 Å². The zero-order chi connectivity index (χ0) is 16.3. The average molecular weight is 315 g/mol. The van der Waals surface area contributed by atoms with Crippen molar-refractivity contribution in [1.82, 2.24) is 15.0 Å². The first-order valence-corrected chi connectivity index (χ1v) is 8.85. The van der Waals surface area contributed by atoms with Crippen molar-refractivity contribution in [2.45, 2.75) is 64.9 Å². The fourth-order valence-corrected chi connectivity index (χ4v) is 4.15. The molecule has 0 aliphatic heterocycles. The van der Waals surface area contributed by atoms with Gasteiger partial charge in [0.05, 0.1) is 4.90 Å². The van der Waals surface area contributed by atoms with Crippen LogP contribution in [0.4, 0.5) is 0 Å². The Labute approximate surface area is 129 Å². The van der Waals surface area contributed by atoms with Crippen LogP contribution in [0.15, 0.2) is 17.2 Å². The van der Waals surface area contributed by atoms with E-state index in [-0.39, 0.29) is 10.3 Å². The molecule has 5 nitrogen and oxygen atoms in total. The molecular weight excluding hydrogens is 286 g/mol. The number of sulfonamides is 1. The smallest absolute Gasteiger partial charge is 0.242 e. The predicted molar refractivity (Wildman–Crippen MR) is 86.6 cm³/mol. The monoisotopic (exact) mass is 315 g/mol. The lowest BCUT2D eigenvalue weighted by molar-refractivity contribution is 0.269. The molecule has 122 valence electrons. The molecule has 0 aromatic carbocycles. The van der Waals surface area contributed by atoms with E-state index in [9.17, 15) is 8.42 Å². The van der Waals surface area contributed by atoms with Crippen LogP contribution >= 0.6 is 0 Å². The number of aromatic nitrogens is 1. The number of hydrogen-bond donors (Lipinski definition) is 3. The average Bonchev–Trinajstić information content (AvgIpc) is 2.70. The third-order valence-corrected chi connectivity index (χ3v) is 4.65. The molecule has 1 heterocycles. The first kappa shape index (κ1) is 18.2. The van der Waals surface area contributed by atoms with E-state index in [1.807, 2.05) is 20.8 Å². The van der Waals surface area contributed by atoms with Crippen LogP contribution in [0.5, 0.6) is 0 Å². The van der Waals surface area contributed by atoms with Gasteiger partial charge in [0.2, 0.25) is 10.0 Å². The third kappa shape index (κ3) is 6.20. The molecule has 0 bridgehead atoms. The third-order valence-electron chi connectivity index (χ3n) is 2.97. The van der Waals surface area contributed by atoms with Crippen LogP contribution in [0, 0.1) is 5.41 Å². The summed E-state index contributed by atoms with van der Waals surface area (Å²) in [7, 11) is -3.50. The van der Waals surface area contributed by atoms with Gasteiger partial charge >= 0.3 is 0 Å². The van der Waals surface area contributed by atoms with Gasteiger partial charge in [0.25, 0.3) is 0 Å². The molecule has 0 amide bonds. The van der Waals surface area contributed by atoms with E-state index in [2.05, 4.69) is 35.8 Å². The van der Waals surface area contributed by atoms with Crippen LogP contribution in [0.3, 0.4) is 0 Å². The van der Waals surface area contributed by atoms with Gasteiger partial charge in [0, 0.05) is 24.0 Å². The first-order chi connectivity index (χ1) is 9.45. The Morgan fingerprint density at radius 2 is 1.81 bits per heavy atom. The predicted octanol–water partition coefficient (Wildman–Crippen LogP) is 2.62. The van der Waals surface area contributed by atoms with Gasteiger partial charge in [-0.05, 0) is 38.3 Å². The summed E-state index contributed by atoms with van der Waals surface area (Å²) in [5.41, 5.74) is 0.433. The fraction of sp³-hybridized carbons (Fsp3) is 0.733. The van der Waals surface area contributed by atoms with E-state index in [0.717, 1.165) is 18.7 Å². The molecule has 1 aromatic heterocycles. The Bertz CT molecular complexity index is 554. The molecule has 0 unspecified atom stereocenters. The number of nitrogens with one attached hydrogen (secondary N) is 3. The summed E-state index contributed by atoms with van der Waals surface area (Å²) >= 11 is 0. The maximum absolute atomic E-state index is 12.5. The largest absolute Gasteiger partial charge is 0.363 e. The normalized spacial score (nSPS) is 13.6. The van der Waals surface area contributed by atoms with E-state index in [0.29, 0.717) is 6.54 Å². The quantitative estimate of drug-likeness (QED) is 0.724. The van der Waals surface area contributed by atoms with Gasteiger partial charge < -0.3 is 10.3 Å². The number of H-pyrrole nitrogens is 1. The van der Waals surface area contributed by atoms with Gasteiger partial charge in [-0.1, -0.05) is 27.7 Å². The van der Waals surface area contributed by atoms with Crippen molar-refractivity contribution in [3.8, 4) is 0 Å². The maximum Gasteiger partial charge on any atom is 0.242 e. The highest BCUT2D eigenvalue weighted by Gasteiger charge is 2.30. The van der Waals surface area contributed by atoms with Crippen molar-refractivity contribution in [1.29, 1.82) is 0 Å². The van der Waals surface area contributed by atoms with E-state index in [1.54, 1.807) is 12.3 Å². The molecule has 0 aliphatic carbocycles. The molecule has 1 aromatic rings.